The van der Waals surface area contributed by atoms with Gasteiger partial charge in [0, 0.05) is 205 Å². The van der Waals surface area contributed by atoms with Crippen LogP contribution >= 0.6 is 0 Å². The van der Waals surface area contributed by atoms with Gasteiger partial charge in [0.25, 0.3) is 0 Å². The first-order valence-corrected chi connectivity index (χ1v) is 57.9. The minimum Gasteiger partial charge on any atom is -0.460 e. The third-order valence-corrected chi connectivity index (χ3v) is 38.4. The maximum absolute atomic E-state index is 7.27. The third-order valence-electron chi connectivity index (χ3n) is 38.4. The average Bonchev–Trinajstić information content (AvgIpc) is 0.768. The van der Waals surface area contributed by atoms with Crippen LogP contribution in [0.4, 0.5) is 47.6 Å². The quantitative estimate of drug-likeness (QED) is 0.0224. The van der Waals surface area contributed by atoms with Crippen LogP contribution in [-0.4, -0.2) is 334 Å². The number of rotatable bonds is 47. The summed E-state index contributed by atoms with van der Waals surface area (Å²) in [6.45, 7) is 81.2. The summed E-state index contributed by atoms with van der Waals surface area (Å²) in [5.41, 5.74) is -0.154. The lowest BCUT2D eigenvalue weighted by atomic mass is 9.72. The van der Waals surface area contributed by atoms with E-state index in [1.165, 1.54) is 64.2 Å². The van der Waals surface area contributed by atoms with E-state index in [1.807, 2.05) is 0 Å². The van der Waals surface area contributed by atoms with E-state index in [1.54, 1.807) is 0 Å². The number of ether oxygens (including phenoxy) is 4. The van der Waals surface area contributed by atoms with E-state index in [4.69, 9.17) is 78.8 Å². The molecule has 842 valence electrons. The summed E-state index contributed by atoms with van der Waals surface area (Å²) < 4.78 is 28.6. The zero-order chi connectivity index (χ0) is 109. The fourth-order valence-electron chi connectivity index (χ4n) is 28.4. The molecule has 8 saturated heterocycles. The van der Waals surface area contributed by atoms with Crippen LogP contribution in [0.15, 0.2) is 0 Å². The van der Waals surface area contributed by atoms with Crippen molar-refractivity contribution in [1.82, 2.24) is 99.0 Å². The van der Waals surface area contributed by atoms with Crippen molar-refractivity contribution in [2.45, 2.75) is 527 Å². The van der Waals surface area contributed by atoms with Crippen LogP contribution in [0, 0.1) is 23.7 Å². The molecular weight excluding hydrogens is 1850 g/mol. The van der Waals surface area contributed by atoms with Gasteiger partial charge in [0.05, 0.1) is 0 Å². The highest BCUT2D eigenvalue weighted by Gasteiger charge is 2.52. The van der Waals surface area contributed by atoms with Gasteiger partial charge in [-0.25, -0.2) is 0 Å². The smallest absolute Gasteiger partial charge is 0.323 e. The first-order valence-electron chi connectivity index (χ1n) is 57.9. The van der Waals surface area contributed by atoms with Crippen molar-refractivity contribution in [2.75, 3.05) is 164 Å². The molecule has 0 aliphatic carbocycles. The molecule has 0 bridgehead atoms. The molecule has 12 heterocycles. The second-order valence-electron chi connectivity index (χ2n) is 57.4. The predicted molar refractivity (Wildman–Crippen MR) is 612 cm³/mol. The topological polar surface area (TPSA) is 296 Å². The molecule has 0 amide bonds. The van der Waals surface area contributed by atoms with E-state index in [9.17, 15) is 0 Å². The Bertz CT molecular complexity index is 4470. The molecule has 0 radical (unpaired) electrons. The standard InChI is InChI=1S/C116H214N28O4/c1-101(2)65-81(66-102(3,4)135(101)33)51-41-45-55-117-89-123-91(129-97(127-89)145-85-73-109(17,18)139(37)110(19,20)74-85)121-59-49-61-143(95-125-93(119-57-47-43-53-83-69-105(9,10)137(35)106(11,12)70-83)131-99(133-95)147-87-77-113(25,26)141(39)114(27,28)78-87)63-64-144(96-126-94(120-58-48-44-54-84-71-107(13,14)138(36)108(15,16)72-84)132-100(134-96)148-88-79-115(29,30)142(40)116(31,32)80-88)62-50-60-122-92-124-90(118-56-46-42-52-82-67-103(5,6)136(34)104(7,8)68-82)128-98(130-92)146-86-75-111(21,22)140(38)112(23,24)76-86/h81-88H,41-80H2,1-40H3,(H,119,125,131,133)(H,120,126,132,134)(H2,117,121,123,127,129)(H2,118,122,124,128,130). The number of aromatic nitrogens is 12. The lowest BCUT2D eigenvalue weighted by molar-refractivity contribution is -0.0582. The molecule has 0 aromatic carbocycles. The van der Waals surface area contributed by atoms with E-state index >= 15 is 0 Å². The summed E-state index contributed by atoms with van der Waals surface area (Å²) in [7, 11) is 18.2. The molecule has 8 aliphatic heterocycles. The molecule has 8 aliphatic rings. The molecule has 6 N–H and O–H groups in total. The fourth-order valence-corrected chi connectivity index (χ4v) is 28.4. The van der Waals surface area contributed by atoms with Gasteiger partial charge in [0.2, 0.25) is 47.6 Å². The summed E-state index contributed by atoms with van der Waals surface area (Å²) in [5.74, 6) is 6.45. The molecule has 0 saturated carbocycles. The molecule has 4 aromatic heterocycles. The van der Waals surface area contributed by atoms with Crippen molar-refractivity contribution in [1.29, 1.82) is 0 Å². The Morgan fingerprint density at radius 2 is 0.351 bits per heavy atom. The van der Waals surface area contributed by atoms with E-state index < -0.39 is 0 Å². The Balaban J connectivity index is 0.899. The summed E-state index contributed by atoms with van der Waals surface area (Å²) in [6, 6.07) is 1.23. The third kappa shape index (κ3) is 31.2. The van der Waals surface area contributed by atoms with E-state index in [0.717, 1.165) is 129 Å². The second-order valence-corrected chi connectivity index (χ2v) is 57.4. The monoisotopic (exact) mass is 2060 g/mol. The van der Waals surface area contributed by atoms with Crippen LogP contribution in [0.1, 0.15) is 414 Å². The molecule has 32 nitrogen and oxygen atoms in total. The number of anilines is 8. The van der Waals surface area contributed by atoms with Gasteiger partial charge in [-0.1, -0.05) is 51.4 Å². The van der Waals surface area contributed by atoms with Gasteiger partial charge in [-0.05, 0) is 392 Å². The molecular formula is C116H214N28O4. The van der Waals surface area contributed by atoms with E-state index in [-0.39, 0.29) is 113 Å². The normalized spacial score (nSPS) is 24.5. The van der Waals surface area contributed by atoms with Crippen LogP contribution in [0.3, 0.4) is 0 Å². The summed E-state index contributed by atoms with van der Waals surface area (Å²) in [4.78, 5) is 88.3. The number of unbranched alkanes of at least 4 members (excludes halogenated alkanes) is 4. The number of likely N-dealkylation sites (tertiary alicyclic amines) is 8. The van der Waals surface area contributed by atoms with Crippen LogP contribution in [-0.2, 0) is 0 Å². The number of nitrogens with one attached hydrogen (secondary N) is 6. The largest absolute Gasteiger partial charge is 0.460 e. The minimum absolute atomic E-state index is 0.115. The molecule has 8 fully saturated rings. The molecule has 0 spiro atoms. The second kappa shape index (κ2) is 46.8. The van der Waals surface area contributed by atoms with E-state index in [0.29, 0.717) is 160 Å². The van der Waals surface area contributed by atoms with Crippen LogP contribution in [0.5, 0.6) is 24.0 Å². The zero-order valence-electron chi connectivity index (χ0n) is 101. The zero-order valence-corrected chi connectivity index (χ0v) is 101. The van der Waals surface area contributed by atoms with Crippen molar-refractivity contribution < 1.29 is 18.9 Å². The molecule has 32 heteroatoms. The van der Waals surface area contributed by atoms with Crippen LogP contribution < -0.4 is 60.6 Å². The van der Waals surface area contributed by atoms with Crippen LogP contribution in [0.2, 0.25) is 0 Å². The molecule has 12 rings (SSSR count). The lowest BCUT2D eigenvalue weighted by Gasteiger charge is -2.54. The molecule has 148 heavy (non-hydrogen) atoms. The Labute approximate surface area is 898 Å². The average molecular weight is 2070 g/mol. The van der Waals surface area contributed by atoms with Crippen LogP contribution in [0.25, 0.3) is 0 Å². The van der Waals surface area contributed by atoms with Gasteiger partial charge >= 0.3 is 24.0 Å². The van der Waals surface area contributed by atoms with Gasteiger partial charge in [-0.2, -0.15) is 59.8 Å². The Kier molecular flexibility index (Phi) is 37.9. The van der Waals surface area contributed by atoms with Crippen molar-refractivity contribution >= 4 is 47.6 Å². The van der Waals surface area contributed by atoms with Gasteiger partial charge in [-0.15, -0.1) is 0 Å². The number of hydrogen-bond donors (Lipinski definition) is 6. The maximum atomic E-state index is 7.27. The molecule has 0 atom stereocenters. The van der Waals surface area contributed by atoms with Gasteiger partial charge in [0.1, 0.15) is 24.4 Å². The maximum Gasteiger partial charge on any atom is 0.323 e. The first kappa shape index (κ1) is 120. The van der Waals surface area contributed by atoms with E-state index in [2.05, 4.69) is 359 Å². The van der Waals surface area contributed by atoms with Gasteiger partial charge < -0.3 is 60.6 Å². The highest BCUT2D eigenvalue weighted by Crippen LogP contribution is 2.50. The van der Waals surface area contributed by atoms with Crippen molar-refractivity contribution in [3.8, 4) is 24.0 Å². The SMILES string of the molecule is CN1C(C)(C)CC(CCCCNc2nc(NCCCN(CCN(CCCNc3nc(NCCCCC4CC(C)(C)N(C)C(C)(C)C4)nc(OC4CC(C)(C)N(C)C(C)(C)C4)n3)c3nc(NCCCCC4CC(C)(C)N(C)C(C)(C)C4)nc(OC4CC(C)(C)N(C)C(C)(C)C4)n3)c3nc(NCCCCC4CC(C)(C)N(C)C(C)(C)C4)nc(OC4CC(C)(C)N(C)C(C)(C)C4)n3)nc(OC3CC(C)(C)N(C)C(C)(C)C3)n2)CC1(C)C. The van der Waals surface area contributed by atoms with Gasteiger partial charge in [-0.3, -0.25) is 39.2 Å². The molecule has 0 unspecified atom stereocenters. The molecule has 4 aromatic rings. The Morgan fingerprint density at radius 3 is 0.534 bits per heavy atom. The highest BCUT2D eigenvalue weighted by molar-refractivity contribution is 5.43. The predicted octanol–water partition coefficient (Wildman–Crippen LogP) is 21.8. The highest BCUT2D eigenvalue weighted by atomic mass is 16.5. The fraction of sp³-hybridized carbons (Fsp3) is 0.897. The summed E-state index contributed by atoms with van der Waals surface area (Å²) >= 11 is 0. The first-order chi connectivity index (χ1) is 68.4. The minimum atomic E-state index is -0.179. The number of hydrogen-bond acceptors (Lipinski definition) is 32. The van der Waals surface area contributed by atoms with Gasteiger partial charge in [0.15, 0.2) is 0 Å². The number of nitrogens with zero attached hydrogens (tertiary/aromatic N) is 22. The Hall–Kier alpha value is -6.68. The summed E-state index contributed by atoms with van der Waals surface area (Å²) in [5, 5.41) is 22.4. The summed E-state index contributed by atoms with van der Waals surface area (Å²) in [6.07, 6.45) is 29.5. The Morgan fingerprint density at radius 1 is 0.196 bits per heavy atom. The van der Waals surface area contributed by atoms with Crippen molar-refractivity contribution in [2.24, 2.45) is 23.7 Å². The lowest BCUT2D eigenvalue weighted by Crippen LogP contribution is -2.60. The number of piperidine rings is 8. The van der Waals surface area contributed by atoms with Crippen molar-refractivity contribution in [3.05, 3.63) is 0 Å². The van der Waals surface area contributed by atoms with Crippen molar-refractivity contribution in [3.63, 3.8) is 0 Å².